The van der Waals surface area contributed by atoms with Crippen molar-refractivity contribution >= 4 is 11.3 Å². The molecule has 1 aromatic heterocycles. The Hall–Kier alpha value is -0.490. The number of aliphatic hydroxyl groups is 1. The highest BCUT2D eigenvalue weighted by molar-refractivity contribution is 7.09. The SMILES string of the molecule is CC(C)(C)c1csc(C(CN)C2CCN(CCO)CC2)n1. The Morgan fingerprint density at radius 2 is 2.10 bits per heavy atom. The summed E-state index contributed by atoms with van der Waals surface area (Å²) in [4.78, 5) is 7.21. The van der Waals surface area contributed by atoms with E-state index in [-0.39, 0.29) is 12.0 Å². The molecule has 1 fully saturated rings. The van der Waals surface area contributed by atoms with E-state index in [9.17, 15) is 0 Å². The van der Waals surface area contributed by atoms with Crippen LogP contribution in [0.25, 0.3) is 0 Å². The highest BCUT2D eigenvalue weighted by atomic mass is 32.1. The summed E-state index contributed by atoms with van der Waals surface area (Å²) in [6.07, 6.45) is 2.32. The lowest BCUT2D eigenvalue weighted by molar-refractivity contribution is 0.138. The van der Waals surface area contributed by atoms with Gasteiger partial charge in [-0.2, -0.15) is 0 Å². The Balaban J connectivity index is 2.02. The molecule has 1 atom stereocenters. The zero-order valence-corrected chi connectivity index (χ0v) is 14.3. The molecule has 0 amide bonds. The maximum atomic E-state index is 9.03. The van der Waals surface area contributed by atoms with Gasteiger partial charge in [0.15, 0.2) is 0 Å². The van der Waals surface area contributed by atoms with E-state index >= 15 is 0 Å². The van der Waals surface area contributed by atoms with Gasteiger partial charge in [0, 0.05) is 29.8 Å². The third kappa shape index (κ3) is 4.25. The van der Waals surface area contributed by atoms with Crippen molar-refractivity contribution < 1.29 is 5.11 Å². The summed E-state index contributed by atoms with van der Waals surface area (Å²) in [6.45, 7) is 10.5. The number of β-amino-alcohol motifs (C(OH)–C–C–N with tert-alkyl or cyclic N) is 1. The molecule has 1 aliphatic rings. The number of aromatic nitrogens is 1. The quantitative estimate of drug-likeness (QED) is 0.875. The van der Waals surface area contributed by atoms with Gasteiger partial charge in [-0.25, -0.2) is 4.98 Å². The van der Waals surface area contributed by atoms with Crippen LogP contribution in [0.2, 0.25) is 0 Å². The second-order valence-corrected chi connectivity index (χ2v) is 7.96. The number of aliphatic hydroxyl groups excluding tert-OH is 1. The highest BCUT2D eigenvalue weighted by Gasteiger charge is 2.29. The van der Waals surface area contributed by atoms with E-state index in [2.05, 4.69) is 31.1 Å². The van der Waals surface area contributed by atoms with Gasteiger partial charge in [-0.1, -0.05) is 20.8 Å². The summed E-state index contributed by atoms with van der Waals surface area (Å²) in [5, 5.41) is 12.4. The van der Waals surface area contributed by atoms with Crippen molar-refractivity contribution in [1.82, 2.24) is 9.88 Å². The molecule has 1 unspecified atom stereocenters. The van der Waals surface area contributed by atoms with E-state index in [1.807, 2.05) is 0 Å². The smallest absolute Gasteiger partial charge is 0.0974 e. The van der Waals surface area contributed by atoms with Gasteiger partial charge in [-0.05, 0) is 31.8 Å². The summed E-state index contributed by atoms with van der Waals surface area (Å²) in [5.41, 5.74) is 7.35. The standard InChI is InChI=1S/C16H29N3OS/c1-16(2,3)14-11-21-15(18-14)13(10-17)12-4-6-19(7-5-12)8-9-20/h11-13,20H,4-10,17H2,1-3H3. The van der Waals surface area contributed by atoms with Gasteiger partial charge in [0.1, 0.15) is 0 Å². The molecular formula is C16H29N3OS. The molecule has 2 rings (SSSR count). The van der Waals surface area contributed by atoms with Gasteiger partial charge in [0.25, 0.3) is 0 Å². The molecule has 3 N–H and O–H groups in total. The van der Waals surface area contributed by atoms with Crippen molar-refractivity contribution in [2.75, 3.05) is 32.8 Å². The van der Waals surface area contributed by atoms with Crippen molar-refractivity contribution in [2.24, 2.45) is 11.7 Å². The minimum Gasteiger partial charge on any atom is -0.395 e. The number of piperidine rings is 1. The van der Waals surface area contributed by atoms with Crippen LogP contribution < -0.4 is 5.73 Å². The second-order valence-electron chi connectivity index (χ2n) is 7.07. The summed E-state index contributed by atoms with van der Waals surface area (Å²) < 4.78 is 0. The molecule has 0 aromatic carbocycles. The van der Waals surface area contributed by atoms with Gasteiger partial charge in [0.05, 0.1) is 17.3 Å². The molecule has 0 aliphatic carbocycles. The largest absolute Gasteiger partial charge is 0.395 e. The van der Waals surface area contributed by atoms with E-state index in [0.717, 1.165) is 32.5 Å². The topological polar surface area (TPSA) is 62.4 Å². The zero-order chi connectivity index (χ0) is 15.5. The predicted molar refractivity (Wildman–Crippen MR) is 88.9 cm³/mol. The molecule has 5 heteroatoms. The summed E-state index contributed by atoms with van der Waals surface area (Å²) in [6, 6.07) is 0. The number of rotatable bonds is 5. The van der Waals surface area contributed by atoms with E-state index in [1.54, 1.807) is 11.3 Å². The Bertz CT molecular complexity index is 433. The molecule has 1 saturated heterocycles. The first-order valence-corrected chi connectivity index (χ1v) is 8.83. The molecule has 1 aliphatic heterocycles. The van der Waals surface area contributed by atoms with Crippen LogP contribution >= 0.6 is 11.3 Å². The fourth-order valence-corrected chi connectivity index (χ4v) is 4.27. The Labute approximate surface area is 132 Å². The number of hydrogen-bond acceptors (Lipinski definition) is 5. The molecule has 4 nitrogen and oxygen atoms in total. The molecular weight excluding hydrogens is 282 g/mol. The molecule has 120 valence electrons. The Kier molecular flexibility index (Phi) is 5.77. The van der Waals surface area contributed by atoms with Gasteiger partial charge in [-0.15, -0.1) is 11.3 Å². The summed E-state index contributed by atoms with van der Waals surface area (Å²) >= 11 is 1.77. The van der Waals surface area contributed by atoms with E-state index < -0.39 is 0 Å². The van der Waals surface area contributed by atoms with Gasteiger partial charge in [-0.3, -0.25) is 0 Å². The average Bonchev–Trinajstić information content (AvgIpc) is 2.91. The fourth-order valence-electron chi connectivity index (χ4n) is 3.02. The lowest BCUT2D eigenvalue weighted by atomic mass is 9.84. The maximum absolute atomic E-state index is 9.03. The minimum absolute atomic E-state index is 0.110. The fraction of sp³-hybridized carbons (Fsp3) is 0.812. The number of nitrogens with two attached hydrogens (primary N) is 1. The predicted octanol–water partition coefficient (Wildman–Crippen LogP) is 2.19. The van der Waals surface area contributed by atoms with Gasteiger partial charge >= 0.3 is 0 Å². The van der Waals surface area contributed by atoms with Crippen LogP contribution in [0, 0.1) is 5.92 Å². The van der Waals surface area contributed by atoms with Crippen LogP contribution in [0.4, 0.5) is 0 Å². The molecule has 0 saturated carbocycles. The van der Waals surface area contributed by atoms with Crippen molar-refractivity contribution in [1.29, 1.82) is 0 Å². The third-order valence-electron chi connectivity index (χ3n) is 4.48. The number of thiazole rings is 1. The number of likely N-dealkylation sites (tertiary alicyclic amines) is 1. The molecule has 0 radical (unpaired) electrons. The molecule has 2 heterocycles. The van der Waals surface area contributed by atoms with E-state index in [0.29, 0.717) is 18.4 Å². The zero-order valence-electron chi connectivity index (χ0n) is 13.5. The number of hydrogen-bond donors (Lipinski definition) is 2. The van der Waals surface area contributed by atoms with Crippen LogP contribution in [0.15, 0.2) is 5.38 Å². The molecule has 0 bridgehead atoms. The van der Waals surface area contributed by atoms with Crippen LogP contribution in [0.3, 0.4) is 0 Å². The van der Waals surface area contributed by atoms with Crippen molar-refractivity contribution in [3.05, 3.63) is 16.1 Å². The second kappa shape index (κ2) is 7.18. The third-order valence-corrected chi connectivity index (χ3v) is 5.46. The normalized spacial score (nSPS) is 19.9. The van der Waals surface area contributed by atoms with Gasteiger partial charge in [0.2, 0.25) is 0 Å². The molecule has 1 aromatic rings. The van der Waals surface area contributed by atoms with E-state index in [4.69, 9.17) is 15.8 Å². The first-order valence-electron chi connectivity index (χ1n) is 7.95. The highest BCUT2D eigenvalue weighted by Crippen LogP contribution is 2.35. The maximum Gasteiger partial charge on any atom is 0.0974 e. The Morgan fingerprint density at radius 3 is 2.57 bits per heavy atom. The van der Waals surface area contributed by atoms with Gasteiger partial charge < -0.3 is 15.7 Å². The lowest BCUT2D eigenvalue weighted by Crippen LogP contribution is -2.38. The summed E-state index contributed by atoms with van der Waals surface area (Å²) in [5.74, 6) is 1.02. The number of nitrogens with zero attached hydrogens (tertiary/aromatic N) is 2. The van der Waals surface area contributed by atoms with Crippen LogP contribution in [0.1, 0.15) is 50.2 Å². The first kappa shape index (κ1) is 16.9. The minimum atomic E-state index is 0.110. The summed E-state index contributed by atoms with van der Waals surface area (Å²) in [7, 11) is 0. The van der Waals surface area contributed by atoms with Crippen molar-refractivity contribution in [3.8, 4) is 0 Å². The van der Waals surface area contributed by atoms with Crippen molar-refractivity contribution in [2.45, 2.75) is 44.9 Å². The van der Waals surface area contributed by atoms with Crippen LogP contribution in [-0.2, 0) is 5.41 Å². The molecule has 0 spiro atoms. The van der Waals surface area contributed by atoms with Crippen LogP contribution in [-0.4, -0.2) is 47.8 Å². The first-order chi connectivity index (χ1) is 9.95. The monoisotopic (exact) mass is 311 g/mol. The lowest BCUT2D eigenvalue weighted by Gasteiger charge is -2.34. The Morgan fingerprint density at radius 1 is 1.43 bits per heavy atom. The molecule has 21 heavy (non-hydrogen) atoms. The van der Waals surface area contributed by atoms with Crippen molar-refractivity contribution in [3.63, 3.8) is 0 Å². The average molecular weight is 311 g/mol. The van der Waals surface area contributed by atoms with E-state index in [1.165, 1.54) is 10.7 Å². The van der Waals surface area contributed by atoms with Crippen LogP contribution in [0.5, 0.6) is 0 Å².